The molecule has 2 nitrogen and oxygen atoms in total. The van der Waals surface area contributed by atoms with Crippen LogP contribution in [0.2, 0.25) is 5.02 Å². The Kier molecular flexibility index (Phi) is 3.08. The van der Waals surface area contributed by atoms with E-state index in [1.165, 1.54) is 7.11 Å². The molecule has 1 unspecified atom stereocenters. The molecule has 1 N–H and O–H groups in total. The van der Waals surface area contributed by atoms with Crippen molar-refractivity contribution in [1.29, 1.82) is 0 Å². The molecule has 1 aromatic rings. The molecule has 0 spiro atoms. The minimum absolute atomic E-state index is 0.0993. The number of ether oxygens (including phenoxy) is 1. The molecule has 1 fully saturated rings. The Hall–Kier alpha value is -0.800. The first kappa shape index (κ1) is 11.7. The van der Waals surface area contributed by atoms with Gasteiger partial charge in [0.1, 0.15) is 0 Å². The molecule has 88 valence electrons. The Balaban J connectivity index is 2.52. The van der Waals surface area contributed by atoms with Gasteiger partial charge in [0.15, 0.2) is 11.6 Å². The van der Waals surface area contributed by atoms with Crippen molar-refractivity contribution in [3.63, 3.8) is 0 Å². The number of benzene rings is 1. The quantitative estimate of drug-likeness (QED) is 0.862. The fourth-order valence-corrected chi connectivity index (χ4v) is 2.44. The van der Waals surface area contributed by atoms with Crippen LogP contribution in [0.3, 0.4) is 0 Å². The second kappa shape index (κ2) is 4.22. The molecule has 1 heterocycles. The number of hydrogen-bond acceptors (Lipinski definition) is 2. The van der Waals surface area contributed by atoms with Gasteiger partial charge in [-0.3, -0.25) is 0 Å². The van der Waals surface area contributed by atoms with Gasteiger partial charge in [-0.15, -0.1) is 0 Å². The topological polar surface area (TPSA) is 21.3 Å². The summed E-state index contributed by atoms with van der Waals surface area (Å²) in [5.41, 5.74) is 0.631. The summed E-state index contributed by atoms with van der Waals surface area (Å²) in [5, 5.41) is 3.48. The summed E-state index contributed by atoms with van der Waals surface area (Å²) < 4.78 is 18.9. The van der Waals surface area contributed by atoms with Crippen LogP contribution in [0.4, 0.5) is 4.39 Å². The Morgan fingerprint density at radius 3 is 2.81 bits per heavy atom. The van der Waals surface area contributed by atoms with E-state index in [9.17, 15) is 4.39 Å². The Labute approximate surface area is 99.7 Å². The predicted molar refractivity (Wildman–Crippen MR) is 62.6 cm³/mol. The van der Waals surface area contributed by atoms with E-state index in [0.29, 0.717) is 0 Å². The highest BCUT2D eigenvalue weighted by molar-refractivity contribution is 6.30. The third kappa shape index (κ3) is 1.78. The van der Waals surface area contributed by atoms with E-state index in [1.54, 1.807) is 6.07 Å². The van der Waals surface area contributed by atoms with Gasteiger partial charge < -0.3 is 10.1 Å². The van der Waals surface area contributed by atoms with Gasteiger partial charge in [-0.05, 0) is 32.4 Å². The summed E-state index contributed by atoms with van der Waals surface area (Å²) >= 11 is 5.74. The summed E-state index contributed by atoms with van der Waals surface area (Å²) in [6.07, 6.45) is 2.06. The maximum Gasteiger partial charge on any atom is 0.183 e. The highest BCUT2D eigenvalue weighted by atomic mass is 35.5. The molecule has 0 aromatic heterocycles. The first-order valence-electron chi connectivity index (χ1n) is 5.36. The van der Waals surface area contributed by atoms with Crippen LogP contribution in [0.1, 0.15) is 25.3 Å². The third-order valence-corrected chi connectivity index (χ3v) is 3.51. The average molecular weight is 244 g/mol. The van der Waals surface area contributed by atoms with E-state index < -0.39 is 5.82 Å². The molecule has 0 aliphatic carbocycles. The van der Waals surface area contributed by atoms with Gasteiger partial charge in [-0.2, -0.15) is 0 Å². The van der Waals surface area contributed by atoms with Crippen molar-refractivity contribution in [2.24, 2.45) is 0 Å². The molecule has 1 saturated heterocycles. The average Bonchev–Trinajstić information content (AvgIpc) is 2.70. The zero-order valence-corrected chi connectivity index (χ0v) is 10.2. The van der Waals surface area contributed by atoms with E-state index in [-0.39, 0.29) is 16.3 Å². The molecule has 2 rings (SSSR count). The Bertz CT molecular complexity index is 402. The van der Waals surface area contributed by atoms with Gasteiger partial charge >= 0.3 is 0 Å². The zero-order chi connectivity index (χ0) is 11.8. The Morgan fingerprint density at radius 1 is 1.50 bits per heavy atom. The lowest BCUT2D eigenvalue weighted by molar-refractivity contribution is 0.351. The van der Waals surface area contributed by atoms with Gasteiger partial charge in [-0.1, -0.05) is 17.7 Å². The monoisotopic (exact) mass is 243 g/mol. The van der Waals surface area contributed by atoms with E-state index in [2.05, 4.69) is 12.2 Å². The van der Waals surface area contributed by atoms with Crippen molar-refractivity contribution >= 4 is 11.6 Å². The SMILES string of the molecule is COc1c(C2(C)CCCN2)ccc(Cl)c1F. The third-order valence-electron chi connectivity index (χ3n) is 3.22. The molecule has 1 aromatic carbocycles. The molecule has 1 aliphatic heterocycles. The lowest BCUT2D eigenvalue weighted by Crippen LogP contribution is -2.33. The molecular formula is C12H15ClFNO. The highest BCUT2D eigenvalue weighted by Crippen LogP contribution is 2.39. The predicted octanol–water partition coefficient (Wildman–Crippen LogP) is 3.09. The smallest absolute Gasteiger partial charge is 0.183 e. The first-order chi connectivity index (χ1) is 7.58. The van der Waals surface area contributed by atoms with Crippen molar-refractivity contribution in [3.8, 4) is 5.75 Å². The van der Waals surface area contributed by atoms with E-state index >= 15 is 0 Å². The Morgan fingerprint density at radius 2 is 2.25 bits per heavy atom. The number of nitrogens with one attached hydrogen (secondary N) is 1. The highest BCUT2D eigenvalue weighted by Gasteiger charge is 2.34. The summed E-state index contributed by atoms with van der Waals surface area (Å²) in [5.74, 6) is -0.221. The fraction of sp³-hybridized carbons (Fsp3) is 0.500. The number of hydrogen-bond donors (Lipinski definition) is 1. The molecule has 4 heteroatoms. The van der Waals surface area contributed by atoms with Crippen LogP contribution < -0.4 is 10.1 Å². The largest absolute Gasteiger partial charge is 0.493 e. The molecular weight excluding hydrogens is 229 g/mol. The zero-order valence-electron chi connectivity index (χ0n) is 9.44. The number of halogens is 2. The first-order valence-corrected chi connectivity index (χ1v) is 5.74. The normalized spacial score (nSPS) is 24.8. The standard InChI is InChI=1S/C12H15ClFNO/c1-12(6-3-7-15-12)8-4-5-9(13)10(14)11(8)16-2/h4-5,15H,3,6-7H2,1-2H3. The van der Waals surface area contributed by atoms with Crippen LogP contribution >= 0.6 is 11.6 Å². The minimum Gasteiger partial charge on any atom is -0.493 e. The number of rotatable bonds is 2. The summed E-state index contributed by atoms with van der Waals surface area (Å²) in [4.78, 5) is 0. The van der Waals surface area contributed by atoms with E-state index in [4.69, 9.17) is 16.3 Å². The fourth-order valence-electron chi connectivity index (χ4n) is 2.29. The maximum absolute atomic E-state index is 13.8. The molecule has 0 saturated carbocycles. The summed E-state index contributed by atoms with van der Waals surface area (Å²) in [6.45, 7) is 3.01. The molecule has 1 atom stereocenters. The summed E-state index contributed by atoms with van der Waals surface area (Å²) in [7, 11) is 1.47. The van der Waals surface area contributed by atoms with E-state index in [0.717, 1.165) is 24.9 Å². The molecule has 0 radical (unpaired) electrons. The van der Waals surface area contributed by atoms with Crippen LogP contribution in [-0.4, -0.2) is 13.7 Å². The van der Waals surface area contributed by atoms with Gasteiger partial charge in [0.05, 0.1) is 12.1 Å². The van der Waals surface area contributed by atoms with E-state index in [1.807, 2.05) is 6.07 Å². The van der Waals surface area contributed by atoms with Crippen molar-refractivity contribution in [2.45, 2.75) is 25.3 Å². The number of methoxy groups -OCH3 is 1. The molecule has 0 amide bonds. The molecule has 0 bridgehead atoms. The van der Waals surface area contributed by atoms with Crippen LogP contribution in [0, 0.1) is 5.82 Å². The lowest BCUT2D eigenvalue weighted by Gasteiger charge is -2.27. The van der Waals surface area contributed by atoms with Crippen LogP contribution in [-0.2, 0) is 5.54 Å². The second-order valence-electron chi connectivity index (χ2n) is 4.30. The van der Waals surface area contributed by atoms with Crippen molar-refractivity contribution in [1.82, 2.24) is 5.32 Å². The van der Waals surface area contributed by atoms with Crippen molar-refractivity contribution in [3.05, 3.63) is 28.5 Å². The van der Waals surface area contributed by atoms with Gasteiger partial charge in [-0.25, -0.2) is 4.39 Å². The molecule has 16 heavy (non-hydrogen) atoms. The van der Waals surface area contributed by atoms with Crippen molar-refractivity contribution < 1.29 is 9.13 Å². The van der Waals surface area contributed by atoms with Gasteiger partial charge in [0, 0.05) is 11.1 Å². The van der Waals surface area contributed by atoms with Crippen LogP contribution in [0.5, 0.6) is 5.75 Å². The van der Waals surface area contributed by atoms with Gasteiger partial charge in [0.25, 0.3) is 0 Å². The second-order valence-corrected chi connectivity index (χ2v) is 4.71. The van der Waals surface area contributed by atoms with Crippen LogP contribution in [0.25, 0.3) is 0 Å². The lowest BCUT2D eigenvalue weighted by atomic mass is 9.89. The van der Waals surface area contributed by atoms with Crippen molar-refractivity contribution in [2.75, 3.05) is 13.7 Å². The van der Waals surface area contributed by atoms with Gasteiger partial charge in [0.2, 0.25) is 0 Å². The van der Waals surface area contributed by atoms with Crippen LogP contribution in [0.15, 0.2) is 12.1 Å². The minimum atomic E-state index is -0.475. The summed E-state index contributed by atoms with van der Waals surface area (Å²) in [6, 6.07) is 3.42. The molecule has 1 aliphatic rings. The maximum atomic E-state index is 13.8.